The predicted octanol–water partition coefficient (Wildman–Crippen LogP) is 2.56. The van der Waals surface area contributed by atoms with Gasteiger partial charge in [0.1, 0.15) is 17.7 Å². The zero-order valence-corrected chi connectivity index (χ0v) is 9.99. The van der Waals surface area contributed by atoms with Crippen LogP contribution in [0.3, 0.4) is 0 Å². The lowest BCUT2D eigenvalue weighted by Gasteiger charge is -2.23. The van der Waals surface area contributed by atoms with Crippen LogP contribution in [0, 0.1) is 5.82 Å². The molecule has 1 aromatic carbocycles. The van der Waals surface area contributed by atoms with Crippen molar-refractivity contribution in [3.05, 3.63) is 29.6 Å². The summed E-state index contributed by atoms with van der Waals surface area (Å²) in [5.74, 6) is 0.135. The van der Waals surface area contributed by atoms with Crippen LogP contribution in [0.4, 0.5) is 4.39 Å². The van der Waals surface area contributed by atoms with Gasteiger partial charge in [-0.2, -0.15) is 0 Å². The second-order valence-electron chi connectivity index (χ2n) is 3.48. The molecule has 0 saturated heterocycles. The Balaban J connectivity index is 3.08. The van der Waals surface area contributed by atoms with Crippen LogP contribution in [0.1, 0.15) is 18.6 Å². The van der Waals surface area contributed by atoms with E-state index in [1.807, 2.05) is 6.92 Å². The van der Waals surface area contributed by atoms with Gasteiger partial charge in [0.25, 0.3) is 0 Å². The highest BCUT2D eigenvalue weighted by Crippen LogP contribution is 2.31. The van der Waals surface area contributed by atoms with Gasteiger partial charge >= 0.3 is 0 Å². The minimum Gasteiger partial charge on any atom is -0.496 e. The Bertz CT molecular complexity index is 341. The molecule has 0 aromatic heterocycles. The van der Waals surface area contributed by atoms with Crippen molar-refractivity contribution >= 4 is 0 Å². The van der Waals surface area contributed by atoms with Gasteiger partial charge in [-0.05, 0) is 19.1 Å². The van der Waals surface area contributed by atoms with Crippen LogP contribution in [0.15, 0.2) is 18.2 Å². The van der Waals surface area contributed by atoms with Crippen LogP contribution in [0.2, 0.25) is 0 Å². The monoisotopic (exact) mass is 228 g/mol. The lowest BCUT2D eigenvalue weighted by atomic mass is 10.0. The van der Waals surface area contributed by atoms with E-state index >= 15 is 0 Å². The van der Waals surface area contributed by atoms with Gasteiger partial charge in [-0.25, -0.2) is 4.39 Å². The Morgan fingerprint density at radius 1 is 1.12 bits per heavy atom. The van der Waals surface area contributed by atoms with Crippen LogP contribution in [0.25, 0.3) is 0 Å². The van der Waals surface area contributed by atoms with Crippen molar-refractivity contribution in [2.75, 3.05) is 21.3 Å². The van der Waals surface area contributed by atoms with E-state index < -0.39 is 0 Å². The van der Waals surface area contributed by atoms with Gasteiger partial charge in [0.15, 0.2) is 0 Å². The lowest BCUT2D eigenvalue weighted by Crippen LogP contribution is -2.19. The molecule has 1 rings (SSSR count). The van der Waals surface area contributed by atoms with E-state index in [1.54, 1.807) is 20.3 Å². The fraction of sp³-hybridized carbons (Fsp3) is 0.500. The van der Waals surface area contributed by atoms with Crippen LogP contribution in [0.5, 0.6) is 5.75 Å². The highest BCUT2D eigenvalue weighted by Gasteiger charge is 2.22. The minimum atomic E-state index is -0.333. The molecule has 0 saturated carbocycles. The smallest absolute Gasteiger partial charge is 0.127 e. The van der Waals surface area contributed by atoms with Crippen LogP contribution in [-0.2, 0) is 9.47 Å². The SMILES string of the molecule is COc1cc(F)ccc1[C@H](OC)C(C)OC. The van der Waals surface area contributed by atoms with Gasteiger partial charge in [0.2, 0.25) is 0 Å². The molecule has 0 bridgehead atoms. The summed E-state index contributed by atoms with van der Waals surface area (Å²) in [5.41, 5.74) is 0.778. The van der Waals surface area contributed by atoms with Crippen molar-refractivity contribution in [3.8, 4) is 5.75 Å². The molecule has 0 aliphatic carbocycles. The van der Waals surface area contributed by atoms with E-state index in [-0.39, 0.29) is 18.0 Å². The number of hydrogen-bond acceptors (Lipinski definition) is 3. The number of methoxy groups -OCH3 is 3. The van der Waals surface area contributed by atoms with Gasteiger partial charge in [-0.1, -0.05) is 0 Å². The van der Waals surface area contributed by atoms with Gasteiger partial charge in [0.05, 0.1) is 13.2 Å². The van der Waals surface area contributed by atoms with E-state index in [0.29, 0.717) is 5.75 Å². The fourth-order valence-corrected chi connectivity index (χ4v) is 1.62. The first kappa shape index (κ1) is 12.9. The van der Waals surface area contributed by atoms with Crippen molar-refractivity contribution in [2.45, 2.75) is 19.1 Å². The zero-order valence-electron chi connectivity index (χ0n) is 9.99. The quantitative estimate of drug-likeness (QED) is 0.775. The van der Waals surface area contributed by atoms with E-state index in [1.165, 1.54) is 19.2 Å². The summed E-state index contributed by atoms with van der Waals surface area (Å²) in [7, 11) is 4.69. The first-order chi connectivity index (χ1) is 7.63. The molecule has 2 atom stereocenters. The third kappa shape index (κ3) is 2.71. The maximum atomic E-state index is 13.0. The average molecular weight is 228 g/mol. The highest BCUT2D eigenvalue weighted by molar-refractivity contribution is 5.36. The van der Waals surface area contributed by atoms with Crippen LogP contribution < -0.4 is 4.74 Å². The molecule has 0 spiro atoms. The maximum absolute atomic E-state index is 13.0. The van der Waals surface area contributed by atoms with Crippen LogP contribution in [-0.4, -0.2) is 27.4 Å². The normalized spacial score (nSPS) is 14.6. The summed E-state index contributed by atoms with van der Waals surface area (Å²) in [6.45, 7) is 1.89. The van der Waals surface area contributed by atoms with Crippen molar-refractivity contribution in [2.24, 2.45) is 0 Å². The summed E-state index contributed by atoms with van der Waals surface area (Å²) in [6.07, 6.45) is -0.412. The number of benzene rings is 1. The Kier molecular flexibility index (Phi) is 4.71. The van der Waals surface area contributed by atoms with Crippen molar-refractivity contribution in [1.29, 1.82) is 0 Å². The van der Waals surface area contributed by atoms with Crippen molar-refractivity contribution in [3.63, 3.8) is 0 Å². The minimum absolute atomic E-state index is 0.135. The molecule has 3 nitrogen and oxygen atoms in total. The topological polar surface area (TPSA) is 27.7 Å². The van der Waals surface area contributed by atoms with Gasteiger partial charge in [-0.15, -0.1) is 0 Å². The molecular formula is C12H17FO3. The molecule has 1 aromatic rings. The first-order valence-corrected chi connectivity index (χ1v) is 5.03. The van der Waals surface area contributed by atoms with E-state index in [2.05, 4.69) is 0 Å². The van der Waals surface area contributed by atoms with E-state index in [0.717, 1.165) is 5.56 Å². The molecule has 0 amide bonds. The highest BCUT2D eigenvalue weighted by atomic mass is 19.1. The second kappa shape index (κ2) is 5.82. The van der Waals surface area contributed by atoms with Gasteiger partial charge < -0.3 is 14.2 Å². The Hall–Kier alpha value is -1.13. The number of ether oxygens (including phenoxy) is 3. The Labute approximate surface area is 95.1 Å². The van der Waals surface area contributed by atoms with Crippen molar-refractivity contribution in [1.82, 2.24) is 0 Å². The van der Waals surface area contributed by atoms with Gasteiger partial charge in [-0.3, -0.25) is 0 Å². The molecule has 0 radical (unpaired) electrons. The van der Waals surface area contributed by atoms with E-state index in [9.17, 15) is 4.39 Å². The summed E-state index contributed by atoms with van der Waals surface area (Å²) in [6, 6.07) is 4.37. The van der Waals surface area contributed by atoms with Crippen molar-refractivity contribution < 1.29 is 18.6 Å². The summed E-state index contributed by atoms with van der Waals surface area (Å²) < 4.78 is 28.7. The van der Waals surface area contributed by atoms with Gasteiger partial charge in [0, 0.05) is 25.8 Å². The van der Waals surface area contributed by atoms with Crippen LogP contribution >= 0.6 is 0 Å². The standard InChI is InChI=1S/C12H17FO3/c1-8(14-2)12(16-4)10-6-5-9(13)7-11(10)15-3/h5-8,12H,1-4H3/t8?,12-/m1/s1. The Morgan fingerprint density at radius 2 is 1.81 bits per heavy atom. The molecule has 90 valence electrons. The maximum Gasteiger partial charge on any atom is 0.127 e. The summed E-state index contributed by atoms with van der Waals surface area (Å²) in [5, 5.41) is 0. The second-order valence-corrected chi connectivity index (χ2v) is 3.48. The third-order valence-electron chi connectivity index (χ3n) is 2.55. The average Bonchev–Trinajstić information content (AvgIpc) is 2.31. The summed E-state index contributed by atoms with van der Waals surface area (Å²) >= 11 is 0. The number of rotatable bonds is 5. The molecule has 0 fully saturated rings. The molecule has 4 heteroatoms. The zero-order chi connectivity index (χ0) is 12.1. The number of hydrogen-bond donors (Lipinski definition) is 0. The molecule has 0 aliphatic rings. The fourth-order valence-electron chi connectivity index (χ4n) is 1.62. The molecule has 16 heavy (non-hydrogen) atoms. The molecular weight excluding hydrogens is 211 g/mol. The molecule has 0 aliphatic heterocycles. The molecule has 0 N–H and O–H groups in total. The Morgan fingerprint density at radius 3 is 2.31 bits per heavy atom. The molecule has 1 unspecified atom stereocenters. The summed E-state index contributed by atoms with van der Waals surface area (Å²) in [4.78, 5) is 0. The first-order valence-electron chi connectivity index (χ1n) is 5.03. The lowest BCUT2D eigenvalue weighted by molar-refractivity contribution is -0.0287. The largest absolute Gasteiger partial charge is 0.496 e. The predicted molar refractivity (Wildman–Crippen MR) is 59.2 cm³/mol. The molecule has 0 heterocycles. The van der Waals surface area contributed by atoms with E-state index in [4.69, 9.17) is 14.2 Å². The number of halogens is 1. The third-order valence-corrected chi connectivity index (χ3v) is 2.55.